The number of rotatable bonds is 1. The first-order chi connectivity index (χ1) is 8.92. The first kappa shape index (κ1) is 12.8. The summed E-state index contributed by atoms with van der Waals surface area (Å²) >= 11 is 0. The molecule has 0 spiro atoms. The standard InChI is InChI=1S/C18H13.Hf/c1-2-6-13(5-1)14-9-10-18-16(11-14)12-15-7-3-4-8-17(15)18;/h1-5,7-10H,6,12H2;/q-1;. The van der Waals surface area contributed by atoms with Gasteiger partial charge < -0.3 is 0 Å². The third-order valence-electron chi connectivity index (χ3n) is 3.82. The van der Waals surface area contributed by atoms with Crippen LogP contribution in [0.1, 0.15) is 23.1 Å². The van der Waals surface area contributed by atoms with Gasteiger partial charge in [0.2, 0.25) is 0 Å². The molecule has 0 fully saturated rings. The molecular formula is C18H13Hf-. The topological polar surface area (TPSA) is 0 Å². The molecule has 0 saturated heterocycles. The van der Waals surface area contributed by atoms with Gasteiger partial charge in [-0.2, -0.15) is 0 Å². The summed E-state index contributed by atoms with van der Waals surface area (Å²) in [5.41, 5.74) is 8.16. The van der Waals surface area contributed by atoms with Crippen molar-refractivity contribution in [2.45, 2.75) is 12.8 Å². The quantitative estimate of drug-likeness (QED) is 0.414. The molecule has 0 nitrogen and oxygen atoms in total. The van der Waals surface area contributed by atoms with Gasteiger partial charge in [-0.1, -0.05) is 47.5 Å². The van der Waals surface area contributed by atoms with Crippen LogP contribution in [0.25, 0.3) is 16.7 Å². The maximum atomic E-state index is 3.61. The fraction of sp³-hybridized carbons (Fsp3) is 0.111. The van der Waals surface area contributed by atoms with Crippen molar-refractivity contribution in [3.63, 3.8) is 0 Å². The Bertz CT molecular complexity index is 693. The molecule has 0 aromatic heterocycles. The van der Waals surface area contributed by atoms with Crippen molar-refractivity contribution < 1.29 is 25.8 Å². The van der Waals surface area contributed by atoms with Crippen molar-refractivity contribution in [3.8, 4) is 11.1 Å². The van der Waals surface area contributed by atoms with Crippen LogP contribution in [0.3, 0.4) is 0 Å². The van der Waals surface area contributed by atoms with E-state index in [1.165, 1.54) is 33.4 Å². The van der Waals surface area contributed by atoms with Gasteiger partial charge in [0.05, 0.1) is 0 Å². The van der Waals surface area contributed by atoms with Crippen molar-refractivity contribution in [2.75, 3.05) is 0 Å². The normalized spacial score (nSPS) is 14.6. The van der Waals surface area contributed by atoms with Crippen molar-refractivity contribution >= 4 is 5.57 Å². The number of fused-ring (bicyclic) bond motifs is 3. The second kappa shape index (κ2) is 5.05. The van der Waals surface area contributed by atoms with Gasteiger partial charge >= 0.3 is 0 Å². The molecule has 19 heavy (non-hydrogen) atoms. The smallest absolute Gasteiger partial charge is 0 e. The van der Waals surface area contributed by atoms with Crippen LogP contribution in [0.2, 0.25) is 0 Å². The van der Waals surface area contributed by atoms with Gasteiger partial charge in [-0.3, -0.25) is 0 Å². The molecule has 0 aliphatic heterocycles. The Balaban J connectivity index is 0.00000110. The van der Waals surface area contributed by atoms with Gasteiger partial charge in [0.15, 0.2) is 0 Å². The molecule has 0 atom stereocenters. The van der Waals surface area contributed by atoms with E-state index in [0.29, 0.717) is 0 Å². The van der Waals surface area contributed by atoms with E-state index < -0.39 is 0 Å². The van der Waals surface area contributed by atoms with Crippen LogP contribution in [0, 0.1) is 6.07 Å². The van der Waals surface area contributed by atoms with E-state index in [0.717, 1.165) is 12.8 Å². The zero-order valence-electron chi connectivity index (χ0n) is 10.6. The predicted molar refractivity (Wildman–Crippen MR) is 75.3 cm³/mol. The SMILES string of the molecule is [Hf].[c-]1c(C2=CC=CC2)ccc2c1Cc1ccccc1-2. The van der Waals surface area contributed by atoms with Gasteiger partial charge in [0.25, 0.3) is 0 Å². The van der Waals surface area contributed by atoms with Crippen LogP contribution in [0.4, 0.5) is 0 Å². The van der Waals surface area contributed by atoms with Crippen molar-refractivity contribution in [1.82, 2.24) is 0 Å². The summed E-state index contributed by atoms with van der Waals surface area (Å²) < 4.78 is 0. The maximum absolute atomic E-state index is 3.61. The zero-order chi connectivity index (χ0) is 11.9. The molecule has 2 aliphatic rings. The van der Waals surface area contributed by atoms with Crippen molar-refractivity contribution in [1.29, 1.82) is 0 Å². The number of allylic oxidation sites excluding steroid dienone is 4. The van der Waals surface area contributed by atoms with E-state index in [-0.39, 0.29) is 25.8 Å². The molecule has 0 heterocycles. The van der Waals surface area contributed by atoms with Crippen LogP contribution < -0.4 is 0 Å². The van der Waals surface area contributed by atoms with Crippen molar-refractivity contribution in [3.05, 3.63) is 77.4 Å². The molecular weight excluding hydrogens is 395 g/mol. The average molecular weight is 408 g/mol. The van der Waals surface area contributed by atoms with E-state index >= 15 is 0 Å². The molecule has 2 aromatic carbocycles. The first-order valence-electron chi connectivity index (χ1n) is 6.41. The minimum atomic E-state index is 0. The van der Waals surface area contributed by atoms with Crippen LogP contribution in [-0.2, 0) is 32.3 Å². The average Bonchev–Trinajstić information content (AvgIpc) is 3.05. The molecule has 0 saturated carbocycles. The molecule has 0 radical (unpaired) electrons. The van der Waals surface area contributed by atoms with Crippen LogP contribution in [0.5, 0.6) is 0 Å². The second-order valence-corrected chi connectivity index (χ2v) is 4.92. The maximum Gasteiger partial charge on any atom is 0 e. The second-order valence-electron chi connectivity index (χ2n) is 4.92. The predicted octanol–water partition coefficient (Wildman–Crippen LogP) is 4.40. The summed E-state index contributed by atoms with van der Waals surface area (Å²) in [6, 6.07) is 16.7. The third kappa shape index (κ3) is 2.10. The molecule has 0 amide bonds. The zero-order valence-corrected chi connectivity index (χ0v) is 14.2. The fourth-order valence-corrected chi connectivity index (χ4v) is 2.89. The third-order valence-corrected chi connectivity index (χ3v) is 3.82. The Morgan fingerprint density at radius 2 is 1.84 bits per heavy atom. The monoisotopic (exact) mass is 409 g/mol. The van der Waals surface area contributed by atoms with Gasteiger partial charge in [-0.25, -0.2) is 0 Å². The van der Waals surface area contributed by atoms with E-state index in [2.05, 4.69) is 60.7 Å². The Morgan fingerprint density at radius 3 is 2.68 bits per heavy atom. The number of benzene rings is 2. The molecule has 0 unspecified atom stereocenters. The summed E-state index contributed by atoms with van der Waals surface area (Å²) in [5.74, 6) is 0. The molecule has 0 N–H and O–H groups in total. The molecule has 4 rings (SSSR count). The van der Waals surface area contributed by atoms with E-state index in [4.69, 9.17) is 0 Å². The van der Waals surface area contributed by atoms with E-state index in [1.54, 1.807) is 0 Å². The van der Waals surface area contributed by atoms with Gasteiger partial charge in [-0.15, -0.1) is 41.0 Å². The summed E-state index contributed by atoms with van der Waals surface area (Å²) in [7, 11) is 0. The Morgan fingerprint density at radius 1 is 0.947 bits per heavy atom. The number of hydrogen-bond acceptors (Lipinski definition) is 0. The van der Waals surface area contributed by atoms with E-state index in [9.17, 15) is 0 Å². The number of hydrogen-bond donors (Lipinski definition) is 0. The summed E-state index contributed by atoms with van der Waals surface area (Å²) in [4.78, 5) is 0. The minimum absolute atomic E-state index is 0. The van der Waals surface area contributed by atoms with Gasteiger partial charge in [0.1, 0.15) is 0 Å². The molecule has 1 heteroatoms. The largest absolute Gasteiger partial charge is 0.147 e. The Kier molecular flexibility index (Phi) is 3.40. The first-order valence-corrected chi connectivity index (χ1v) is 6.41. The Labute approximate surface area is 132 Å². The summed E-state index contributed by atoms with van der Waals surface area (Å²) in [5, 5.41) is 0. The minimum Gasteiger partial charge on any atom is -0.147 e. The van der Waals surface area contributed by atoms with Gasteiger partial charge in [-0.05, 0) is 18.4 Å². The molecule has 2 aromatic rings. The van der Waals surface area contributed by atoms with Gasteiger partial charge in [0, 0.05) is 25.8 Å². The van der Waals surface area contributed by atoms with Crippen molar-refractivity contribution in [2.24, 2.45) is 0 Å². The summed E-state index contributed by atoms with van der Waals surface area (Å²) in [6.07, 6.45) is 8.60. The van der Waals surface area contributed by atoms with Crippen LogP contribution in [-0.4, -0.2) is 0 Å². The molecule has 90 valence electrons. The fourth-order valence-electron chi connectivity index (χ4n) is 2.89. The van der Waals surface area contributed by atoms with Crippen LogP contribution in [0.15, 0.2) is 54.6 Å². The van der Waals surface area contributed by atoms with Crippen LogP contribution >= 0.6 is 0 Å². The van der Waals surface area contributed by atoms with E-state index in [1.807, 2.05) is 0 Å². The Hall–Kier alpha value is -1.21. The molecule has 0 bridgehead atoms. The molecule has 2 aliphatic carbocycles. The summed E-state index contributed by atoms with van der Waals surface area (Å²) in [6.45, 7) is 0.